The molecule has 2 N–H and O–H groups in total. The molecule has 0 aromatic carbocycles. The van der Waals surface area contributed by atoms with Crippen LogP contribution >= 0.6 is 15.9 Å². The quantitative estimate of drug-likeness (QED) is 0.806. The van der Waals surface area contributed by atoms with Crippen molar-refractivity contribution >= 4 is 15.9 Å². The molecule has 1 aromatic rings. The SMILES string of the molecule is CCCCCC(N)c1ccoc1Br. The highest BCUT2D eigenvalue weighted by Crippen LogP contribution is 2.26. The smallest absolute Gasteiger partial charge is 0.173 e. The molecule has 1 atom stereocenters. The van der Waals surface area contributed by atoms with Gasteiger partial charge in [-0.25, -0.2) is 0 Å². The van der Waals surface area contributed by atoms with Gasteiger partial charge >= 0.3 is 0 Å². The first-order chi connectivity index (χ1) is 6.25. The Morgan fingerprint density at radius 2 is 2.31 bits per heavy atom. The van der Waals surface area contributed by atoms with Crippen molar-refractivity contribution in [1.82, 2.24) is 0 Å². The van der Waals surface area contributed by atoms with Gasteiger partial charge in [0.25, 0.3) is 0 Å². The Morgan fingerprint density at radius 1 is 1.54 bits per heavy atom. The number of hydrogen-bond donors (Lipinski definition) is 1. The molecule has 0 spiro atoms. The average Bonchev–Trinajstić information content (AvgIpc) is 2.52. The Kier molecular flexibility index (Phi) is 4.53. The van der Waals surface area contributed by atoms with Gasteiger partial charge in [-0.15, -0.1) is 0 Å². The fourth-order valence-electron chi connectivity index (χ4n) is 1.34. The maximum absolute atomic E-state index is 5.99. The minimum Gasteiger partial charge on any atom is -0.457 e. The first-order valence-corrected chi connectivity index (χ1v) is 5.53. The fourth-order valence-corrected chi connectivity index (χ4v) is 1.87. The number of hydrogen-bond acceptors (Lipinski definition) is 2. The van der Waals surface area contributed by atoms with Crippen molar-refractivity contribution in [3.8, 4) is 0 Å². The van der Waals surface area contributed by atoms with Crippen molar-refractivity contribution in [2.24, 2.45) is 5.73 Å². The van der Waals surface area contributed by atoms with Gasteiger partial charge < -0.3 is 10.2 Å². The monoisotopic (exact) mass is 245 g/mol. The molecule has 0 aliphatic heterocycles. The molecular weight excluding hydrogens is 230 g/mol. The summed E-state index contributed by atoms with van der Waals surface area (Å²) in [7, 11) is 0. The van der Waals surface area contributed by atoms with E-state index >= 15 is 0 Å². The molecule has 0 fully saturated rings. The zero-order valence-corrected chi connectivity index (χ0v) is 9.51. The van der Waals surface area contributed by atoms with Crippen LogP contribution in [0.3, 0.4) is 0 Å². The molecule has 0 saturated heterocycles. The molecule has 74 valence electrons. The summed E-state index contributed by atoms with van der Waals surface area (Å²) in [5.74, 6) is 0. The molecule has 1 rings (SSSR count). The van der Waals surface area contributed by atoms with E-state index in [2.05, 4.69) is 22.9 Å². The van der Waals surface area contributed by atoms with Gasteiger partial charge in [0, 0.05) is 11.6 Å². The zero-order chi connectivity index (χ0) is 9.68. The standard InChI is InChI=1S/C10H16BrNO/c1-2-3-4-5-9(12)8-6-7-13-10(8)11/h6-7,9H,2-5,12H2,1H3. The predicted molar refractivity (Wildman–Crippen MR) is 57.5 cm³/mol. The summed E-state index contributed by atoms with van der Waals surface area (Å²) in [5.41, 5.74) is 7.07. The Balaban J connectivity index is 2.39. The molecule has 1 aromatic heterocycles. The van der Waals surface area contributed by atoms with Crippen LogP contribution in [-0.2, 0) is 0 Å². The van der Waals surface area contributed by atoms with Crippen molar-refractivity contribution in [2.75, 3.05) is 0 Å². The van der Waals surface area contributed by atoms with Gasteiger partial charge in [0.15, 0.2) is 4.67 Å². The number of nitrogens with two attached hydrogens (primary N) is 1. The van der Waals surface area contributed by atoms with E-state index in [-0.39, 0.29) is 6.04 Å². The van der Waals surface area contributed by atoms with Crippen LogP contribution in [0.25, 0.3) is 0 Å². The predicted octanol–water partition coefficient (Wildman–Crippen LogP) is 3.62. The second-order valence-electron chi connectivity index (χ2n) is 3.25. The van der Waals surface area contributed by atoms with E-state index in [0.29, 0.717) is 0 Å². The highest BCUT2D eigenvalue weighted by molar-refractivity contribution is 9.10. The van der Waals surface area contributed by atoms with Crippen LogP contribution in [0.5, 0.6) is 0 Å². The molecule has 2 nitrogen and oxygen atoms in total. The minimum absolute atomic E-state index is 0.111. The van der Waals surface area contributed by atoms with Crippen LogP contribution < -0.4 is 5.73 Å². The van der Waals surface area contributed by atoms with E-state index in [1.807, 2.05) is 6.07 Å². The van der Waals surface area contributed by atoms with Crippen LogP contribution in [-0.4, -0.2) is 0 Å². The van der Waals surface area contributed by atoms with E-state index in [0.717, 1.165) is 16.7 Å². The number of unbranched alkanes of at least 4 members (excludes halogenated alkanes) is 2. The zero-order valence-electron chi connectivity index (χ0n) is 7.92. The number of rotatable bonds is 5. The lowest BCUT2D eigenvalue weighted by molar-refractivity contribution is 0.521. The Morgan fingerprint density at radius 3 is 2.85 bits per heavy atom. The normalized spacial score (nSPS) is 13.2. The summed E-state index contributed by atoms with van der Waals surface area (Å²) < 4.78 is 5.90. The summed E-state index contributed by atoms with van der Waals surface area (Å²) in [4.78, 5) is 0. The Bertz CT molecular complexity index is 247. The van der Waals surface area contributed by atoms with Crippen LogP contribution in [0.15, 0.2) is 21.4 Å². The summed E-state index contributed by atoms with van der Waals surface area (Å²) in [6.45, 7) is 2.19. The van der Waals surface area contributed by atoms with Crippen LogP contribution in [0.1, 0.15) is 44.2 Å². The lowest BCUT2D eigenvalue weighted by atomic mass is 10.0. The first-order valence-electron chi connectivity index (χ1n) is 4.74. The molecule has 1 unspecified atom stereocenters. The van der Waals surface area contributed by atoms with Crippen molar-refractivity contribution in [3.05, 3.63) is 22.6 Å². The van der Waals surface area contributed by atoms with Crippen LogP contribution in [0.2, 0.25) is 0 Å². The lowest BCUT2D eigenvalue weighted by Crippen LogP contribution is -2.09. The minimum atomic E-state index is 0.111. The van der Waals surface area contributed by atoms with Crippen molar-refractivity contribution < 1.29 is 4.42 Å². The molecule has 3 heteroatoms. The van der Waals surface area contributed by atoms with Gasteiger partial charge in [-0.3, -0.25) is 0 Å². The lowest BCUT2D eigenvalue weighted by Gasteiger charge is -2.08. The average molecular weight is 246 g/mol. The summed E-state index contributed by atoms with van der Waals surface area (Å²) in [6.07, 6.45) is 6.38. The Hall–Kier alpha value is -0.280. The van der Waals surface area contributed by atoms with Crippen LogP contribution in [0.4, 0.5) is 0 Å². The highest BCUT2D eigenvalue weighted by atomic mass is 79.9. The van der Waals surface area contributed by atoms with E-state index in [1.54, 1.807) is 6.26 Å². The number of furan rings is 1. The van der Waals surface area contributed by atoms with Crippen molar-refractivity contribution in [2.45, 2.75) is 38.6 Å². The van der Waals surface area contributed by atoms with Gasteiger partial charge in [0.05, 0.1) is 6.26 Å². The highest BCUT2D eigenvalue weighted by Gasteiger charge is 2.11. The van der Waals surface area contributed by atoms with Gasteiger partial charge in [-0.05, 0) is 28.4 Å². The number of halogens is 1. The third-order valence-corrected chi connectivity index (χ3v) is 2.81. The van der Waals surface area contributed by atoms with Crippen LogP contribution in [0, 0.1) is 0 Å². The third kappa shape index (κ3) is 3.16. The molecule has 0 aliphatic rings. The van der Waals surface area contributed by atoms with E-state index in [4.69, 9.17) is 10.2 Å². The summed E-state index contributed by atoms with van der Waals surface area (Å²) in [5, 5.41) is 0. The molecule has 0 amide bonds. The molecular formula is C10H16BrNO. The van der Waals surface area contributed by atoms with E-state index < -0.39 is 0 Å². The molecule has 0 bridgehead atoms. The van der Waals surface area contributed by atoms with Crippen molar-refractivity contribution in [3.63, 3.8) is 0 Å². The summed E-state index contributed by atoms with van der Waals surface area (Å²) >= 11 is 3.33. The maximum atomic E-state index is 5.99. The van der Waals surface area contributed by atoms with E-state index in [1.165, 1.54) is 19.3 Å². The maximum Gasteiger partial charge on any atom is 0.173 e. The van der Waals surface area contributed by atoms with Crippen molar-refractivity contribution in [1.29, 1.82) is 0 Å². The molecule has 0 radical (unpaired) electrons. The van der Waals surface area contributed by atoms with E-state index in [9.17, 15) is 0 Å². The van der Waals surface area contributed by atoms with Gasteiger partial charge in [-0.2, -0.15) is 0 Å². The Labute approximate surface area is 87.6 Å². The topological polar surface area (TPSA) is 39.2 Å². The fraction of sp³-hybridized carbons (Fsp3) is 0.600. The van der Waals surface area contributed by atoms with Gasteiger partial charge in [0.2, 0.25) is 0 Å². The molecule has 0 aliphatic carbocycles. The largest absolute Gasteiger partial charge is 0.457 e. The summed E-state index contributed by atoms with van der Waals surface area (Å²) in [6, 6.07) is 2.04. The molecule has 1 heterocycles. The molecule has 13 heavy (non-hydrogen) atoms. The van der Waals surface area contributed by atoms with Gasteiger partial charge in [-0.1, -0.05) is 26.2 Å². The third-order valence-electron chi connectivity index (χ3n) is 2.16. The van der Waals surface area contributed by atoms with Gasteiger partial charge in [0.1, 0.15) is 0 Å². The molecule has 0 saturated carbocycles. The second-order valence-corrected chi connectivity index (χ2v) is 3.97. The second kappa shape index (κ2) is 5.45. The first kappa shape index (κ1) is 10.8.